The highest BCUT2D eigenvalue weighted by Crippen LogP contribution is 2.27. The van der Waals surface area contributed by atoms with Crippen LogP contribution in [0.2, 0.25) is 0 Å². The van der Waals surface area contributed by atoms with Crippen molar-refractivity contribution in [2.75, 3.05) is 10.6 Å². The molecule has 0 aromatic heterocycles. The van der Waals surface area contributed by atoms with Gasteiger partial charge < -0.3 is 20.5 Å². The van der Waals surface area contributed by atoms with Gasteiger partial charge in [0.1, 0.15) is 0 Å². The Morgan fingerprint density at radius 2 is 1.54 bits per heavy atom. The molecule has 2 N–H and O–H groups in total. The summed E-state index contributed by atoms with van der Waals surface area (Å²) in [5.74, 6) is -3.65. The maximum atomic E-state index is 12.7. The molecule has 28 heavy (non-hydrogen) atoms. The molecule has 144 valence electrons. The third-order valence-corrected chi connectivity index (χ3v) is 4.81. The first-order valence-corrected chi connectivity index (χ1v) is 9.09. The normalized spacial score (nSPS) is 18.3. The maximum Gasteiger partial charge on any atom is 0.257 e. The van der Waals surface area contributed by atoms with Crippen molar-refractivity contribution in [3.8, 4) is 0 Å². The highest BCUT2D eigenvalue weighted by atomic mass is 16.4. The second-order valence-electron chi connectivity index (χ2n) is 6.83. The minimum absolute atomic E-state index is 0.260. The topological polar surface area (TPSA) is 98.3 Å². The molecule has 0 heterocycles. The smallest absolute Gasteiger partial charge is 0.257 e. The monoisotopic (exact) mass is 377 g/mol. The number of aryl methyl sites for hydroxylation is 1. The minimum Gasteiger partial charge on any atom is -0.550 e. The number of allylic oxidation sites excluding steroid dienone is 2. The van der Waals surface area contributed by atoms with E-state index in [2.05, 4.69) is 10.6 Å². The Kier molecular flexibility index (Phi) is 5.89. The number of anilines is 2. The van der Waals surface area contributed by atoms with Crippen LogP contribution in [-0.2, 0) is 9.59 Å². The SMILES string of the molecule is Cc1ccc(NC(=O)c2ccccc2NC(=O)[C@H]2CC=CC[C@H]2C(=O)[O-])cc1. The van der Waals surface area contributed by atoms with E-state index in [1.165, 1.54) is 0 Å². The summed E-state index contributed by atoms with van der Waals surface area (Å²) in [4.78, 5) is 36.7. The van der Waals surface area contributed by atoms with Crippen LogP contribution in [0, 0.1) is 18.8 Å². The molecule has 0 radical (unpaired) electrons. The summed E-state index contributed by atoms with van der Waals surface area (Å²) in [5.41, 5.74) is 2.36. The van der Waals surface area contributed by atoms with Crippen LogP contribution in [0.4, 0.5) is 11.4 Å². The van der Waals surface area contributed by atoms with Gasteiger partial charge in [-0.3, -0.25) is 9.59 Å². The van der Waals surface area contributed by atoms with Crippen LogP contribution in [-0.4, -0.2) is 17.8 Å². The van der Waals surface area contributed by atoms with Crippen LogP contribution in [0.1, 0.15) is 28.8 Å². The van der Waals surface area contributed by atoms with Crippen LogP contribution in [0.15, 0.2) is 60.7 Å². The van der Waals surface area contributed by atoms with Crippen molar-refractivity contribution in [3.63, 3.8) is 0 Å². The largest absolute Gasteiger partial charge is 0.550 e. The lowest BCUT2D eigenvalue weighted by molar-refractivity contribution is -0.313. The molecule has 0 spiro atoms. The van der Waals surface area contributed by atoms with Crippen molar-refractivity contribution in [1.82, 2.24) is 0 Å². The Bertz CT molecular complexity index is 918. The number of para-hydroxylation sites is 1. The van der Waals surface area contributed by atoms with Gasteiger partial charge in [0.15, 0.2) is 0 Å². The van der Waals surface area contributed by atoms with Gasteiger partial charge in [-0.1, -0.05) is 42.0 Å². The second kappa shape index (κ2) is 8.52. The minimum atomic E-state index is -1.24. The molecule has 6 nitrogen and oxygen atoms in total. The van der Waals surface area contributed by atoms with Crippen molar-refractivity contribution in [2.45, 2.75) is 19.8 Å². The summed E-state index contributed by atoms with van der Waals surface area (Å²) in [6.07, 6.45) is 4.12. The van der Waals surface area contributed by atoms with Gasteiger partial charge >= 0.3 is 0 Å². The lowest BCUT2D eigenvalue weighted by Crippen LogP contribution is -2.41. The van der Waals surface area contributed by atoms with E-state index in [1.54, 1.807) is 48.6 Å². The summed E-state index contributed by atoms with van der Waals surface area (Å²) >= 11 is 0. The number of benzene rings is 2. The number of carbonyl (C=O) groups is 3. The molecule has 3 rings (SSSR count). The first-order chi connectivity index (χ1) is 13.5. The Morgan fingerprint density at radius 1 is 0.893 bits per heavy atom. The predicted octanol–water partition coefficient (Wildman–Crippen LogP) is 2.52. The number of carbonyl (C=O) groups excluding carboxylic acids is 3. The van der Waals surface area contributed by atoms with Crippen LogP contribution in [0.5, 0.6) is 0 Å². The number of rotatable bonds is 5. The Hall–Kier alpha value is -3.41. The van der Waals surface area contributed by atoms with Crippen LogP contribution in [0.25, 0.3) is 0 Å². The van der Waals surface area contributed by atoms with E-state index in [0.29, 0.717) is 23.4 Å². The average Bonchev–Trinajstić information content (AvgIpc) is 2.70. The summed E-state index contributed by atoms with van der Waals surface area (Å²) in [6, 6.07) is 14.0. The Morgan fingerprint density at radius 3 is 2.21 bits per heavy atom. The zero-order chi connectivity index (χ0) is 20.1. The quantitative estimate of drug-likeness (QED) is 0.782. The molecule has 0 saturated heterocycles. The zero-order valence-electron chi connectivity index (χ0n) is 15.5. The summed E-state index contributed by atoms with van der Waals surface area (Å²) in [5, 5.41) is 16.9. The highest BCUT2D eigenvalue weighted by Gasteiger charge is 2.30. The van der Waals surface area contributed by atoms with Gasteiger partial charge in [0.05, 0.1) is 17.2 Å². The number of hydrogen-bond donors (Lipinski definition) is 2. The standard InChI is InChI=1S/C22H22N2O4/c1-14-10-12-15(13-11-14)23-21(26)18-8-4-5-9-19(18)24-20(25)16-6-2-3-7-17(16)22(27)28/h2-5,8-13,16-17H,6-7H2,1H3,(H,23,26)(H,24,25)(H,27,28)/p-1/t16-,17+/m0/s1. The van der Waals surface area contributed by atoms with E-state index >= 15 is 0 Å². The van der Waals surface area contributed by atoms with Gasteiger partial charge in [0.25, 0.3) is 5.91 Å². The molecule has 2 amide bonds. The summed E-state index contributed by atoms with van der Waals surface area (Å²) in [6.45, 7) is 1.96. The lowest BCUT2D eigenvalue weighted by atomic mass is 9.82. The van der Waals surface area contributed by atoms with Gasteiger partial charge in [0, 0.05) is 17.6 Å². The third kappa shape index (κ3) is 4.46. The molecule has 1 aliphatic rings. The molecule has 0 saturated carbocycles. The van der Waals surface area contributed by atoms with Gasteiger partial charge in [-0.15, -0.1) is 0 Å². The zero-order valence-corrected chi connectivity index (χ0v) is 15.5. The van der Waals surface area contributed by atoms with E-state index in [4.69, 9.17) is 0 Å². The first-order valence-electron chi connectivity index (χ1n) is 9.09. The number of carboxylic acids is 1. The van der Waals surface area contributed by atoms with E-state index < -0.39 is 23.7 Å². The summed E-state index contributed by atoms with van der Waals surface area (Å²) < 4.78 is 0. The van der Waals surface area contributed by atoms with E-state index in [9.17, 15) is 19.5 Å². The average molecular weight is 377 g/mol. The summed E-state index contributed by atoms with van der Waals surface area (Å²) in [7, 11) is 0. The molecule has 2 atom stereocenters. The molecule has 1 aliphatic carbocycles. The predicted molar refractivity (Wildman–Crippen MR) is 105 cm³/mol. The highest BCUT2D eigenvalue weighted by molar-refractivity contribution is 6.10. The molecule has 6 heteroatoms. The molecule has 0 aliphatic heterocycles. The van der Waals surface area contributed by atoms with E-state index in [0.717, 1.165) is 5.56 Å². The number of aliphatic carboxylic acids is 1. The fourth-order valence-electron chi connectivity index (χ4n) is 3.22. The van der Waals surface area contributed by atoms with Crippen LogP contribution < -0.4 is 15.7 Å². The van der Waals surface area contributed by atoms with Crippen molar-refractivity contribution in [3.05, 3.63) is 71.8 Å². The van der Waals surface area contributed by atoms with Crippen LogP contribution >= 0.6 is 0 Å². The maximum absolute atomic E-state index is 12.7. The lowest BCUT2D eigenvalue weighted by Gasteiger charge is -2.28. The first kappa shape index (κ1) is 19.4. The van der Waals surface area contributed by atoms with Gasteiger partial charge in [-0.25, -0.2) is 0 Å². The fourth-order valence-corrected chi connectivity index (χ4v) is 3.22. The molecular weight excluding hydrogens is 356 g/mol. The van der Waals surface area contributed by atoms with Gasteiger partial charge in [-0.2, -0.15) is 0 Å². The fraction of sp³-hybridized carbons (Fsp3) is 0.227. The van der Waals surface area contributed by atoms with E-state index in [1.807, 2.05) is 19.1 Å². The second-order valence-corrected chi connectivity index (χ2v) is 6.83. The Labute approximate surface area is 163 Å². The Balaban J connectivity index is 1.77. The van der Waals surface area contributed by atoms with Gasteiger partial charge in [-0.05, 0) is 44.0 Å². The number of hydrogen-bond acceptors (Lipinski definition) is 4. The molecular formula is C22H21N2O4-. The third-order valence-electron chi connectivity index (χ3n) is 4.81. The number of nitrogens with one attached hydrogen (secondary N) is 2. The van der Waals surface area contributed by atoms with Crippen molar-refractivity contribution in [1.29, 1.82) is 0 Å². The van der Waals surface area contributed by atoms with Crippen molar-refractivity contribution >= 4 is 29.2 Å². The molecule has 0 bridgehead atoms. The molecule has 2 aromatic carbocycles. The van der Waals surface area contributed by atoms with Gasteiger partial charge in [0.2, 0.25) is 5.91 Å². The molecule has 0 fully saturated rings. The van der Waals surface area contributed by atoms with E-state index in [-0.39, 0.29) is 12.3 Å². The van der Waals surface area contributed by atoms with Crippen molar-refractivity contribution in [2.24, 2.45) is 11.8 Å². The van der Waals surface area contributed by atoms with Crippen molar-refractivity contribution < 1.29 is 19.5 Å². The van der Waals surface area contributed by atoms with Crippen LogP contribution in [0.3, 0.4) is 0 Å². The number of amides is 2. The molecule has 2 aromatic rings. The molecule has 0 unspecified atom stereocenters. The number of carboxylic acid groups (broad SMARTS) is 1.